The summed E-state index contributed by atoms with van der Waals surface area (Å²) in [5.41, 5.74) is 1.33. The molecule has 2 aromatic rings. The number of hydrogen-bond acceptors (Lipinski definition) is 4. The predicted molar refractivity (Wildman–Crippen MR) is 94.7 cm³/mol. The van der Waals surface area contributed by atoms with E-state index < -0.39 is 0 Å². The standard InChI is InChI=1S/C20H27N3O/c1-14-10-18(14)19-6-5-17(24-19)13-22-12-16-7-9-23(2)20(16)15-4-3-8-21-11-15/h3-6,8,11,14,16,18,20,22H,7,9-10,12-13H2,1-2H3/t14-,16+,18-,20+/m1/s1. The molecule has 0 aromatic carbocycles. The average molecular weight is 325 g/mol. The highest BCUT2D eigenvalue weighted by Crippen LogP contribution is 2.47. The largest absolute Gasteiger partial charge is 0.464 e. The molecule has 4 atom stereocenters. The fourth-order valence-corrected chi connectivity index (χ4v) is 4.11. The zero-order chi connectivity index (χ0) is 16.5. The van der Waals surface area contributed by atoms with E-state index in [4.69, 9.17) is 4.42 Å². The maximum absolute atomic E-state index is 5.99. The van der Waals surface area contributed by atoms with Crippen molar-refractivity contribution in [3.8, 4) is 0 Å². The summed E-state index contributed by atoms with van der Waals surface area (Å²) in [5, 5.41) is 3.61. The van der Waals surface area contributed by atoms with Gasteiger partial charge in [0.25, 0.3) is 0 Å². The van der Waals surface area contributed by atoms with Crippen LogP contribution < -0.4 is 5.32 Å². The summed E-state index contributed by atoms with van der Waals surface area (Å²) in [4.78, 5) is 6.74. The number of nitrogens with zero attached hydrogens (tertiary/aromatic N) is 2. The van der Waals surface area contributed by atoms with Gasteiger partial charge in [0.15, 0.2) is 0 Å². The Bertz CT molecular complexity index is 669. The van der Waals surface area contributed by atoms with Crippen LogP contribution in [0.4, 0.5) is 0 Å². The highest BCUT2D eigenvalue weighted by molar-refractivity contribution is 5.18. The van der Waals surface area contributed by atoms with Gasteiger partial charge < -0.3 is 9.73 Å². The van der Waals surface area contributed by atoms with Crippen LogP contribution in [0.5, 0.6) is 0 Å². The summed E-state index contributed by atoms with van der Waals surface area (Å²) in [7, 11) is 2.22. The van der Waals surface area contributed by atoms with Gasteiger partial charge in [0.2, 0.25) is 0 Å². The Hall–Kier alpha value is -1.65. The normalized spacial score (nSPS) is 29.9. The number of furan rings is 1. The lowest BCUT2D eigenvalue weighted by molar-refractivity contribution is 0.270. The molecule has 4 rings (SSSR count). The lowest BCUT2D eigenvalue weighted by Gasteiger charge is -2.25. The molecule has 0 amide bonds. The van der Waals surface area contributed by atoms with E-state index in [1.807, 2.05) is 18.5 Å². The Morgan fingerprint density at radius 3 is 2.96 bits per heavy atom. The third-order valence-corrected chi connectivity index (χ3v) is 5.66. The van der Waals surface area contributed by atoms with E-state index in [0.29, 0.717) is 17.9 Å². The van der Waals surface area contributed by atoms with Crippen molar-refractivity contribution in [1.82, 2.24) is 15.2 Å². The first-order chi connectivity index (χ1) is 11.7. The van der Waals surface area contributed by atoms with Gasteiger partial charge in [0.1, 0.15) is 11.5 Å². The van der Waals surface area contributed by atoms with Gasteiger partial charge in [-0.05, 0) is 62.0 Å². The number of aromatic nitrogens is 1. The highest BCUT2D eigenvalue weighted by Gasteiger charge is 2.36. The van der Waals surface area contributed by atoms with E-state index in [2.05, 4.69) is 47.4 Å². The van der Waals surface area contributed by atoms with Crippen molar-refractivity contribution in [2.45, 2.75) is 38.3 Å². The number of likely N-dealkylation sites (tertiary alicyclic amines) is 1. The van der Waals surface area contributed by atoms with Gasteiger partial charge in [0.05, 0.1) is 6.54 Å². The zero-order valence-corrected chi connectivity index (χ0v) is 14.6. The quantitative estimate of drug-likeness (QED) is 0.881. The van der Waals surface area contributed by atoms with E-state index in [0.717, 1.165) is 31.3 Å². The Morgan fingerprint density at radius 2 is 2.21 bits per heavy atom. The van der Waals surface area contributed by atoms with Gasteiger partial charge >= 0.3 is 0 Å². The molecule has 4 nitrogen and oxygen atoms in total. The van der Waals surface area contributed by atoms with Crippen LogP contribution in [-0.4, -0.2) is 30.0 Å². The molecule has 0 bridgehead atoms. The topological polar surface area (TPSA) is 41.3 Å². The summed E-state index contributed by atoms with van der Waals surface area (Å²) in [6.07, 6.45) is 6.36. The first-order valence-electron chi connectivity index (χ1n) is 9.12. The molecule has 1 saturated carbocycles. The molecular formula is C20H27N3O. The minimum atomic E-state index is 0.464. The predicted octanol–water partition coefficient (Wildman–Crippen LogP) is 3.58. The first kappa shape index (κ1) is 15.9. The molecule has 2 fully saturated rings. The molecule has 0 unspecified atom stereocenters. The number of nitrogens with one attached hydrogen (secondary N) is 1. The molecule has 3 heterocycles. The molecule has 1 aliphatic carbocycles. The molecule has 0 spiro atoms. The van der Waals surface area contributed by atoms with Crippen LogP contribution >= 0.6 is 0 Å². The number of hydrogen-bond donors (Lipinski definition) is 1. The van der Waals surface area contributed by atoms with Crippen molar-refractivity contribution in [2.75, 3.05) is 20.1 Å². The lowest BCUT2D eigenvalue weighted by atomic mass is 9.95. The van der Waals surface area contributed by atoms with Gasteiger partial charge in [-0.2, -0.15) is 0 Å². The van der Waals surface area contributed by atoms with Crippen LogP contribution in [0.15, 0.2) is 41.1 Å². The minimum Gasteiger partial charge on any atom is -0.464 e. The van der Waals surface area contributed by atoms with E-state index in [9.17, 15) is 0 Å². The van der Waals surface area contributed by atoms with Gasteiger partial charge in [0, 0.05) is 30.9 Å². The fraction of sp³-hybridized carbons (Fsp3) is 0.550. The first-order valence-corrected chi connectivity index (χ1v) is 9.12. The molecule has 128 valence electrons. The molecule has 4 heteroatoms. The second-order valence-electron chi connectivity index (χ2n) is 7.52. The van der Waals surface area contributed by atoms with Gasteiger partial charge in [-0.15, -0.1) is 0 Å². The Morgan fingerprint density at radius 1 is 1.33 bits per heavy atom. The van der Waals surface area contributed by atoms with Crippen LogP contribution in [0, 0.1) is 11.8 Å². The summed E-state index contributed by atoms with van der Waals surface area (Å²) < 4.78 is 5.99. The number of pyridine rings is 1. The Kier molecular flexibility index (Phi) is 4.42. The molecule has 0 radical (unpaired) electrons. The zero-order valence-electron chi connectivity index (χ0n) is 14.6. The van der Waals surface area contributed by atoms with Crippen LogP contribution in [0.1, 0.15) is 48.8 Å². The van der Waals surface area contributed by atoms with Crippen LogP contribution in [0.25, 0.3) is 0 Å². The fourth-order valence-electron chi connectivity index (χ4n) is 4.11. The summed E-state index contributed by atoms with van der Waals surface area (Å²) in [5.74, 6) is 4.32. The third kappa shape index (κ3) is 3.26. The van der Waals surface area contributed by atoms with Crippen LogP contribution in [0.2, 0.25) is 0 Å². The molecule has 1 aliphatic heterocycles. The van der Waals surface area contributed by atoms with E-state index in [1.54, 1.807) is 0 Å². The highest BCUT2D eigenvalue weighted by atomic mass is 16.3. The van der Waals surface area contributed by atoms with E-state index in [-0.39, 0.29) is 0 Å². The SMILES string of the molecule is C[C@@H]1C[C@H]1c1ccc(CNC[C@@H]2CCN(C)[C@H]2c2cccnc2)o1. The molecule has 24 heavy (non-hydrogen) atoms. The molecule has 2 aromatic heterocycles. The Labute approximate surface area is 144 Å². The maximum Gasteiger partial charge on any atom is 0.117 e. The summed E-state index contributed by atoms with van der Waals surface area (Å²) >= 11 is 0. The van der Waals surface area contributed by atoms with E-state index in [1.165, 1.54) is 24.2 Å². The van der Waals surface area contributed by atoms with Crippen molar-refractivity contribution in [3.05, 3.63) is 53.7 Å². The third-order valence-electron chi connectivity index (χ3n) is 5.66. The Balaban J connectivity index is 1.32. The minimum absolute atomic E-state index is 0.464. The van der Waals surface area contributed by atoms with Crippen molar-refractivity contribution in [3.63, 3.8) is 0 Å². The maximum atomic E-state index is 5.99. The van der Waals surface area contributed by atoms with Crippen molar-refractivity contribution in [1.29, 1.82) is 0 Å². The monoisotopic (exact) mass is 325 g/mol. The smallest absolute Gasteiger partial charge is 0.117 e. The van der Waals surface area contributed by atoms with Crippen LogP contribution in [-0.2, 0) is 6.54 Å². The summed E-state index contributed by atoms with van der Waals surface area (Å²) in [6.45, 7) is 5.28. The van der Waals surface area contributed by atoms with Crippen molar-refractivity contribution in [2.24, 2.45) is 11.8 Å². The molecular weight excluding hydrogens is 298 g/mol. The van der Waals surface area contributed by atoms with Gasteiger partial charge in [-0.25, -0.2) is 0 Å². The van der Waals surface area contributed by atoms with Gasteiger partial charge in [-0.3, -0.25) is 9.88 Å². The van der Waals surface area contributed by atoms with Crippen LogP contribution in [0.3, 0.4) is 0 Å². The van der Waals surface area contributed by atoms with E-state index >= 15 is 0 Å². The molecule has 1 saturated heterocycles. The number of rotatable bonds is 6. The second kappa shape index (κ2) is 6.69. The average Bonchev–Trinajstić information content (AvgIpc) is 2.98. The van der Waals surface area contributed by atoms with Crippen molar-refractivity contribution >= 4 is 0 Å². The summed E-state index contributed by atoms with van der Waals surface area (Å²) in [6, 6.07) is 8.99. The molecule has 2 aliphatic rings. The van der Waals surface area contributed by atoms with Crippen molar-refractivity contribution < 1.29 is 4.42 Å². The lowest BCUT2D eigenvalue weighted by Crippen LogP contribution is -2.28. The van der Waals surface area contributed by atoms with Gasteiger partial charge in [-0.1, -0.05) is 13.0 Å². The molecule has 1 N–H and O–H groups in total. The second-order valence-corrected chi connectivity index (χ2v) is 7.52.